The Balaban J connectivity index is 0.000000331. The number of alkyl halides is 3. The van der Waals surface area contributed by atoms with Crippen molar-refractivity contribution >= 4 is 10.0 Å². The van der Waals surface area contributed by atoms with Crippen molar-refractivity contribution in [3.8, 4) is 0 Å². The van der Waals surface area contributed by atoms with Gasteiger partial charge in [-0.15, -0.1) is 0 Å². The van der Waals surface area contributed by atoms with E-state index >= 15 is 0 Å². The summed E-state index contributed by atoms with van der Waals surface area (Å²) in [5.41, 5.74) is -5.31. The van der Waals surface area contributed by atoms with Crippen molar-refractivity contribution in [2.75, 3.05) is 20.3 Å². The molecule has 0 saturated heterocycles. The predicted molar refractivity (Wildman–Crippen MR) is 62.5 cm³/mol. The Morgan fingerprint density at radius 1 is 1.33 bits per heavy atom. The summed E-state index contributed by atoms with van der Waals surface area (Å²) in [5.74, 6) is 0. The molecule has 0 fully saturated rings. The summed E-state index contributed by atoms with van der Waals surface area (Å²) in [6.07, 6.45) is 6.87. The van der Waals surface area contributed by atoms with Crippen molar-refractivity contribution in [2.24, 2.45) is 5.14 Å². The van der Waals surface area contributed by atoms with E-state index in [2.05, 4.69) is 41.3 Å². The third kappa shape index (κ3) is 6.70. The molecule has 0 aliphatic carbocycles. The summed E-state index contributed by atoms with van der Waals surface area (Å²) in [7, 11) is -3.24. The zero-order valence-electron chi connectivity index (χ0n) is 10.3. The second-order valence-corrected chi connectivity index (χ2v) is 5.41. The molecule has 0 aromatic heterocycles. The number of rotatable bonds is 3. The van der Waals surface area contributed by atoms with Crippen molar-refractivity contribution in [1.29, 1.82) is 0 Å². The van der Waals surface area contributed by atoms with Crippen LogP contribution in [0, 0.1) is 0 Å². The fourth-order valence-corrected chi connectivity index (χ4v) is 1.10. The molecule has 18 heavy (non-hydrogen) atoms. The molecule has 0 bridgehead atoms. The van der Waals surface area contributed by atoms with Gasteiger partial charge in [0.05, 0.1) is 6.67 Å². The Morgan fingerprint density at radius 3 is 2.11 bits per heavy atom. The van der Waals surface area contributed by atoms with Gasteiger partial charge in [0.15, 0.2) is 0 Å². The van der Waals surface area contributed by atoms with Crippen LogP contribution in [0.15, 0.2) is 12.4 Å². The van der Waals surface area contributed by atoms with Gasteiger partial charge in [0, 0.05) is 26.0 Å². The van der Waals surface area contributed by atoms with Gasteiger partial charge in [-0.1, -0.05) is 13.3 Å². The van der Waals surface area contributed by atoms with E-state index in [1.807, 2.05) is 0 Å². The van der Waals surface area contributed by atoms with Crippen molar-refractivity contribution in [2.45, 2.75) is 25.3 Å². The highest BCUT2D eigenvalue weighted by atomic mass is 32.2. The fraction of sp³-hybridized carbons (Fsp3) is 0.778. The number of hydrogen-bond acceptors (Lipinski definition) is 4. The SMILES string of the molecule is CCCCN1C=CN(C)C1.NS(=O)(=O)C(F)(F)F. The van der Waals surface area contributed by atoms with Crippen molar-refractivity contribution in [1.82, 2.24) is 9.80 Å². The zero-order valence-corrected chi connectivity index (χ0v) is 11.1. The Labute approximate surface area is 105 Å². The van der Waals surface area contributed by atoms with E-state index in [1.165, 1.54) is 19.4 Å². The summed E-state index contributed by atoms with van der Waals surface area (Å²) in [5, 5.41) is 3.66. The van der Waals surface area contributed by atoms with Gasteiger partial charge in [0.2, 0.25) is 0 Å². The highest BCUT2D eigenvalue weighted by Crippen LogP contribution is 2.18. The second kappa shape index (κ2) is 6.83. The highest BCUT2D eigenvalue weighted by molar-refractivity contribution is 7.90. The lowest BCUT2D eigenvalue weighted by Crippen LogP contribution is -2.30. The van der Waals surface area contributed by atoms with E-state index in [0.29, 0.717) is 0 Å². The first-order chi connectivity index (χ1) is 8.08. The van der Waals surface area contributed by atoms with Gasteiger partial charge in [-0.3, -0.25) is 0 Å². The lowest BCUT2D eigenvalue weighted by Gasteiger charge is -2.17. The highest BCUT2D eigenvalue weighted by Gasteiger charge is 2.42. The van der Waals surface area contributed by atoms with Gasteiger partial charge in [-0.25, -0.2) is 13.6 Å². The Kier molecular flexibility index (Phi) is 6.47. The molecule has 0 saturated carbocycles. The topological polar surface area (TPSA) is 66.6 Å². The summed E-state index contributed by atoms with van der Waals surface area (Å²) < 4.78 is 51.2. The van der Waals surface area contributed by atoms with Crippen LogP contribution in [-0.2, 0) is 10.0 Å². The van der Waals surface area contributed by atoms with Gasteiger partial charge in [0.25, 0.3) is 0 Å². The summed E-state index contributed by atoms with van der Waals surface area (Å²) in [6, 6.07) is 0. The number of nitrogens with two attached hydrogens (primary N) is 1. The molecule has 1 aliphatic rings. The van der Waals surface area contributed by atoms with Crippen LogP contribution in [-0.4, -0.2) is 44.0 Å². The Hall–Kier alpha value is -0.960. The number of nitrogens with zero attached hydrogens (tertiary/aromatic N) is 2. The molecule has 0 aromatic rings. The van der Waals surface area contributed by atoms with Crippen molar-refractivity contribution < 1.29 is 21.6 Å². The molecule has 0 aromatic carbocycles. The second-order valence-electron chi connectivity index (χ2n) is 3.85. The third-order valence-electron chi connectivity index (χ3n) is 2.06. The Morgan fingerprint density at radius 2 is 1.83 bits per heavy atom. The van der Waals surface area contributed by atoms with Crippen LogP contribution in [0.2, 0.25) is 0 Å². The van der Waals surface area contributed by atoms with E-state index in [4.69, 9.17) is 0 Å². The van der Waals surface area contributed by atoms with Crippen LogP contribution in [0.25, 0.3) is 0 Å². The normalized spacial score (nSPS) is 15.7. The summed E-state index contributed by atoms with van der Waals surface area (Å²) >= 11 is 0. The van der Waals surface area contributed by atoms with Gasteiger partial charge < -0.3 is 9.80 Å². The summed E-state index contributed by atoms with van der Waals surface area (Å²) in [6.45, 7) is 4.50. The smallest absolute Gasteiger partial charge is 0.362 e. The minimum atomic E-state index is -5.34. The molecular formula is C9H18F3N3O2S. The average molecular weight is 289 g/mol. The standard InChI is InChI=1S/C8H16N2.CH2F3NO2S/c1-3-4-5-10-7-6-9(2)8-10;2-1(3,4)8(5,6)7/h6-7H,3-5,8H2,1-2H3;(H2,5,6,7). The van der Waals surface area contributed by atoms with Crippen LogP contribution in [0.1, 0.15) is 19.8 Å². The monoisotopic (exact) mass is 289 g/mol. The fourth-order valence-electron chi connectivity index (χ4n) is 1.10. The molecule has 2 N–H and O–H groups in total. The molecule has 1 heterocycles. The molecule has 108 valence electrons. The van der Waals surface area contributed by atoms with Gasteiger partial charge >= 0.3 is 15.5 Å². The summed E-state index contributed by atoms with van der Waals surface area (Å²) in [4.78, 5) is 4.53. The first-order valence-corrected chi connectivity index (χ1v) is 6.84. The number of hydrogen-bond donors (Lipinski definition) is 1. The van der Waals surface area contributed by atoms with Crippen LogP contribution in [0.3, 0.4) is 0 Å². The molecule has 5 nitrogen and oxygen atoms in total. The number of primary sulfonamides is 1. The third-order valence-corrected chi connectivity index (χ3v) is 2.70. The average Bonchev–Trinajstić information content (AvgIpc) is 2.59. The molecule has 0 radical (unpaired) electrons. The van der Waals surface area contributed by atoms with Crippen molar-refractivity contribution in [3.05, 3.63) is 12.4 Å². The Bertz CT molecular complexity index is 368. The zero-order chi connectivity index (χ0) is 14.4. The minimum absolute atomic E-state index is 1.07. The molecule has 0 unspecified atom stereocenters. The molecule has 1 aliphatic heterocycles. The first-order valence-electron chi connectivity index (χ1n) is 5.29. The molecule has 1 rings (SSSR count). The maximum atomic E-state index is 10.8. The van der Waals surface area contributed by atoms with Gasteiger partial charge in [-0.2, -0.15) is 13.2 Å². The van der Waals surface area contributed by atoms with E-state index < -0.39 is 15.5 Å². The number of halogens is 3. The van der Waals surface area contributed by atoms with Crippen LogP contribution in [0.4, 0.5) is 13.2 Å². The van der Waals surface area contributed by atoms with Crippen LogP contribution >= 0.6 is 0 Å². The van der Waals surface area contributed by atoms with Crippen LogP contribution in [0.5, 0.6) is 0 Å². The minimum Gasteiger partial charge on any atom is -0.362 e. The molecule has 0 atom stereocenters. The lowest BCUT2D eigenvalue weighted by atomic mass is 10.3. The maximum Gasteiger partial charge on any atom is 0.511 e. The van der Waals surface area contributed by atoms with E-state index in [-0.39, 0.29) is 0 Å². The van der Waals surface area contributed by atoms with Crippen LogP contribution < -0.4 is 5.14 Å². The van der Waals surface area contributed by atoms with E-state index in [1.54, 1.807) is 0 Å². The largest absolute Gasteiger partial charge is 0.511 e. The predicted octanol–water partition coefficient (Wildman–Crippen LogP) is 1.26. The lowest BCUT2D eigenvalue weighted by molar-refractivity contribution is -0.0436. The van der Waals surface area contributed by atoms with Gasteiger partial charge in [0.1, 0.15) is 0 Å². The first kappa shape index (κ1) is 17.0. The van der Waals surface area contributed by atoms with E-state index in [9.17, 15) is 21.6 Å². The van der Waals surface area contributed by atoms with Gasteiger partial charge in [-0.05, 0) is 6.42 Å². The maximum absolute atomic E-state index is 10.8. The molecule has 9 heteroatoms. The molecular weight excluding hydrogens is 271 g/mol. The number of unbranched alkanes of at least 4 members (excludes halogenated alkanes) is 1. The quantitative estimate of drug-likeness (QED) is 0.849. The molecule has 0 amide bonds. The van der Waals surface area contributed by atoms with Crippen molar-refractivity contribution in [3.63, 3.8) is 0 Å². The molecule has 0 spiro atoms. The van der Waals surface area contributed by atoms with E-state index in [0.717, 1.165) is 6.67 Å². The number of sulfonamides is 1.